The second kappa shape index (κ2) is 2.91. The molecule has 0 aromatic carbocycles. The quantitative estimate of drug-likeness (QED) is 0.595. The molecule has 0 aromatic heterocycles. The highest BCUT2D eigenvalue weighted by atomic mass is 14.7. The standard InChI is InChI=1S/C9H19N/c1-3-8-5-4-6-9(2,10)7-8/h8H,3-7,10H2,1-2H3. The molecule has 1 rings (SSSR count). The van der Waals surface area contributed by atoms with Crippen LogP contribution in [0.4, 0.5) is 0 Å². The van der Waals surface area contributed by atoms with Gasteiger partial charge in [0.2, 0.25) is 0 Å². The van der Waals surface area contributed by atoms with Crippen LogP contribution >= 0.6 is 0 Å². The van der Waals surface area contributed by atoms with E-state index in [0.717, 1.165) is 5.92 Å². The molecule has 1 heteroatoms. The van der Waals surface area contributed by atoms with Crippen molar-refractivity contribution in [3.05, 3.63) is 0 Å². The highest BCUT2D eigenvalue weighted by Gasteiger charge is 2.26. The molecule has 1 fully saturated rings. The first-order valence-corrected chi connectivity index (χ1v) is 4.43. The van der Waals surface area contributed by atoms with Gasteiger partial charge in [0.1, 0.15) is 0 Å². The van der Waals surface area contributed by atoms with Gasteiger partial charge >= 0.3 is 0 Å². The Balaban J connectivity index is 2.40. The van der Waals surface area contributed by atoms with E-state index >= 15 is 0 Å². The molecule has 1 saturated carbocycles. The summed E-state index contributed by atoms with van der Waals surface area (Å²) in [4.78, 5) is 0. The predicted octanol–water partition coefficient (Wildman–Crippen LogP) is 2.30. The summed E-state index contributed by atoms with van der Waals surface area (Å²) in [6.45, 7) is 4.46. The van der Waals surface area contributed by atoms with Gasteiger partial charge in [0.05, 0.1) is 0 Å². The van der Waals surface area contributed by atoms with E-state index in [1.165, 1.54) is 32.1 Å². The molecule has 0 aromatic rings. The van der Waals surface area contributed by atoms with E-state index in [1.54, 1.807) is 0 Å². The van der Waals surface area contributed by atoms with E-state index in [2.05, 4.69) is 13.8 Å². The maximum absolute atomic E-state index is 6.04. The van der Waals surface area contributed by atoms with Gasteiger partial charge in [-0.3, -0.25) is 0 Å². The van der Waals surface area contributed by atoms with Crippen molar-refractivity contribution in [1.29, 1.82) is 0 Å². The van der Waals surface area contributed by atoms with Crippen molar-refractivity contribution in [3.8, 4) is 0 Å². The van der Waals surface area contributed by atoms with Crippen LogP contribution in [0.2, 0.25) is 0 Å². The molecule has 60 valence electrons. The Morgan fingerprint density at radius 2 is 2.30 bits per heavy atom. The number of rotatable bonds is 1. The fourth-order valence-corrected chi connectivity index (χ4v) is 2.01. The van der Waals surface area contributed by atoms with Gasteiger partial charge in [-0.05, 0) is 25.7 Å². The summed E-state index contributed by atoms with van der Waals surface area (Å²) >= 11 is 0. The lowest BCUT2D eigenvalue weighted by molar-refractivity contribution is 0.237. The highest BCUT2D eigenvalue weighted by Crippen LogP contribution is 2.31. The number of hydrogen-bond acceptors (Lipinski definition) is 1. The molecule has 1 aliphatic carbocycles. The molecule has 0 amide bonds. The van der Waals surface area contributed by atoms with Gasteiger partial charge in [0, 0.05) is 5.54 Å². The molecule has 0 radical (unpaired) electrons. The van der Waals surface area contributed by atoms with Crippen molar-refractivity contribution in [2.45, 2.75) is 51.5 Å². The van der Waals surface area contributed by atoms with Crippen LogP contribution in [0.1, 0.15) is 46.0 Å². The monoisotopic (exact) mass is 141 g/mol. The van der Waals surface area contributed by atoms with Crippen LogP contribution in [-0.4, -0.2) is 5.54 Å². The third kappa shape index (κ3) is 1.98. The second-order valence-corrected chi connectivity index (χ2v) is 4.02. The summed E-state index contributed by atoms with van der Waals surface area (Å²) in [6.07, 6.45) is 6.52. The Kier molecular flexibility index (Phi) is 2.35. The van der Waals surface area contributed by atoms with Crippen LogP contribution in [0.25, 0.3) is 0 Å². The van der Waals surface area contributed by atoms with Gasteiger partial charge in [0.25, 0.3) is 0 Å². The van der Waals surface area contributed by atoms with E-state index in [4.69, 9.17) is 5.73 Å². The van der Waals surface area contributed by atoms with Crippen molar-refractivity contribution in [3.63, 3.8) is 0 Å². The zero-order chi connectivity index (χ0) is 7.61. The maximum atomic E-state index is 6.04. The van der Waals surface area contributed by atoms with E-state index in [1.807, 2.05) is 0 Å². The average molecular weight is 141 g/mol. The summed E-state index contributed by atoms with van der Waals surface area (Å²) in [5.41, 5.74) is 6.20. The Labute approximate surface area is 64.0 Å². The van der Waals surface area contributed by atoms with Gasteiger partial charge in [-0.2, -0.15) is 0 Å². The molecule has 0 heterocycles. The lowest BCUT2D eigenvalue weighted by Crippen LogP contribution is -2.40. The van der Waals surface area contributed by atoms with Crippen LogP contribution in [0.15, 0.2) is 0 Å². The number of nitrogens with two attached hydrogens (primary N) is 1. The van der Waals surface area contributed by atoms with E-state index in [-0.39, 0.29) is 5.54 Å². The third-order valence-corrected chi connectivity index (χ3v) is 2.69. The Morgan fingerprint density at radius 3 is 2.70 bits per heavy atom. The van der Waals surface area contributed by atoms with Gasteiger partial charge in [-0.15, -0.1) is 0 Å². The molecule has 0 bridgehead atoms. The first-order valence-electron chi connectivity index (χ1n) is 4.43. The van der Waals surface area contributed by atoms with Crippen LogP contribution in [0, 0.1) is 5.92 Å². The molecule has 0 spiro atoms. The average Bonchev–Trinajstić information content (AvgIpc) is 1.86. The highest BCUT2D eigenvalue weighted by molar-refractivity contribution is 4.85. The molecule has 1 aliphatic rings. The molecule has 0 saturated heterocycles. The number of hydrogen-bond donors (Lipinski definition) is 1. The topological polar surface area (TPSA) is 26.0 Å². The third-order valence-electron chi connectivity index (χ3n) is 2.69. The Hall–Kier alpha value is -0.0400. The van der Waals surface area contributed by atoms with E-state index < -0.39 is 0 Å². The van der Waals surface area contributed by atoms with Crippen molar-refractivity contribution in [1.82, 2.24) is 0 Å². The molecule has 0 aliphatic heterocycles. The zero-order valence-corrected chi connectivity index (χ0v) is 7.19. The molecular weight excluding hydrogens is 122 g/mol. The van der Waals surface area contributed by atoms with Crippen LogP contribution in [0.3, 0.4) is 0 Å². The predicted molar refractivity (Wildman–Crippen MR) is 44.8 cm³/mol. The van der Waals surface area contributed by atoms with Gasteiger partial charge in [-0.1, -0.05) is 26.2 Å². The van der Waals surface area contributed by atoms with Crippen LogP contribution in [-0.2, 0) is 0 Å². The molecule has 2 atom stereocenters. The first-order chi connectivity index (χ1) is 4.64. The molecule has 2 unspecified atom stereocenters. The van der Waals surface area contributed by atoms with E-state index in [0.29, 0.717) is 0 Å². The minimum absolute atomic E-state index is 0.152. The minimum atomic E-state index is 0.152. The molecule has 10 heavy (non-hydrogen) atoms. The smallest absolute Gasteiger partial charge is 0.0128 e. The summed E-state index contributed by atoms with van der Waals surface area (Å²) in [5.74, 6) is 0.906. The van der Waals surface area contributed by atoms with Gasteiger partial charge in [0.15, 0.2) is 0 Å². The fraction of sp³-hybridized carbons (Fsp3) is 1.00. The second-order valence-electron chi connectivity index (χ2n) is 4.02. The van der Waals surface area contributed by atoms with Crippen molar-refractivity contribution in [2.75, 3.05) is 0 Å². The van der Waals surface area contributed by atoms with Crippen LogP contribution < -0.4 is 5.73 Å². The van der Waals surface area contributed by atoms with Gasteiger partial charge < -0.3 is 5.73 Å². The SMILES string of the molecule is CCC1CCCC(C)(N)C1. The Bertz CT molecular complexity index is 107. The lowest BCUT2D eigenvalue weighted by Gasteiger charge is -2.34. The van der Waals surface area contributed by atoms with Crippen molar-refractivity contribution in [2.24, 2.45) is 11.7 Å². The van der Waals surface area contributed by atoms with Crippen LogP contribution in [0.5, 0.6) is 0 Å². The maximum Gasteiger partial charge on any atom is 0.0128 e. The lowest BCUT2D eigenvalue weighted by atomic mass is 9.76. The molecule has 1 nitrogen and oxygen atoms in total. The minimum Gasteiger partial charge on any atom is -0.325 e. The normalized spacial score (nSPS) is 41.7. The largest absolute Gasteiger partial charge is 0.325 e. The van der Waals surface area contributed by atoms with E-state index in [9.17, 15) is 0 Å². The molecular formula is C9H19N. The summed E-state index contributed by atoms with van der Waals surface area (Å²) < 4.78 is 0. The summed E-state index contributed by atoms with van der Waals surface area (Å²) in [5, 5.41) is 0. The van der Waals surface area contributed by atoms with Crippen molar-refractivity contribution < 1.29 is 0 Å². The first kappa shape index (κ1) is 8.06. The zero-order valence-electron chi connectivity index (χ0n) is 7.19. The summed E-state index contributed by atoms with van der Waals surface area (Å²) in [6, 6.07) is 0. The van der Waals surface area contributed by atoms with Crippen molar-refractivity contribution >= 4 is 0 Å². The van der Waals surface area contributed by atoms with Gasteiger partial charge in [-0.25, -0.2) is 0 Å². The summed E-state index contributed by atoms with van der Waals surface area (Å²) in [7, 11) is 0. The molecule has 2 N–H and O–H groups in total. The Morgan fingerprint density at radius 1 is 1.60 bits per heavy atom. The fourth-order valence-electron chi connectivity index (χ4n) is 2.01.